The predicted octanol–water partition coefficient (Wildman–Crippen LogP) is 2.14. The minimum absolute atomic E-state index is 0.0713. The summed E-state index contributed by atoms with van der Waals surface area (Å²) in [6.07, 6.45) is -0.0360. The van der Waals surface area contributed by atoms with E-state index in [4.69, 9.17) is 22.9 Å². The number of carbonyl (C=O) groups is 8. The number of amides is 4. The molecule has 0 aromatic heterocycles. The van der Waals surface area contributed by atoms with Crippen LogP contribution in [0.3, 0.4) is 0 Å². The van der Waals surface area contributed by atoms with Gasteiger partial charge in [-0.05, 0) is 82.6 Å². The highest BCUT2D eigenvalue weighted by molar-refractivity contribution is 8.77. The Hall–Kier alpha value is -5.96. The molecule has 1 aliphatic rings. The molecule has 19 nitrogen and oxygen atoms in total. The average Bonchev–Trinajstić information content (AvgIpc) is 3.29. The third-order valence-corrected chi connectivity index (χ3v) is 14.8. The molecular formula is C48H70N10O9S2. The molecule has 0 spiro atoms. The fourth-order valence-corrected chi connectivity index (χ4v) is 10.2. The first kappa shape index (κ1) is 57.4. The molecule has 1 heterocycles. The number of benzene rings is 2. The van der Waals surface area contributed by atoms with Gasteiger partial charge in [0.1, 0.15) is 11.5 Å². The molecule has 0 aliphatic carbocycles. The van der Waals surface area contributed by atoms with E-state index in [9.17, 15) is 43.5 Å². The smallest absolute Gasteiger partial charge is 0.225 e. The number of hydrogen-bond donors (Lipinski definition) is 9. The second-order valence-electron chi connectivity index (χ2n) is 18.0. The quantitative estimate of drug-likeness (QED) is 0.0397. The Bertz CT molecular complexity index is 2130. The molecule has 69 heavy (non-hydrogen) atoms. The molecule has 0 bridgehead atoms. The molecule has 2 aromatic rings. The minimum Gasteiger partial charge on any atom is -0.508 e. The number of nitrogens with one attached hydrogen (secondary N) is 4. The van der Waals surface area contributed by atoms with E-state index in [1.165, 1.54) is 40.6 Å². The monoisotopic (exact) mass is 994 g/mol. The number of guanidine groups is 2. The molecule has 1 saturated heterocycles. The van der Waals surface area contributed by atoms with Crippen LogP contribution >= 0.6 is 21.6 Å². The number of hydrogen-bond acceptors (Lipinski definition) is 13. The van der Waals surface area contributed by atoms with Gasteiger partial charge in [-0.25, -0.2) is 0 Å². The highest BCUT2D eigenvalue weighted by atomic mass is 33.1. The van der Waals surface area contributed by atoms with Crippen LogP contribution in [-0.4, -0.2) is 112 Å². The summed E-state index contributed by atoms with van der Waals surface area (Å²) in [6.45, 7) is 7.38. The van der Waals surface area contributed by atoms with Crippen molar-refractivity contribution in [2.75, 3.05) is 25.4 Å². The van der Waals surface area contributed by atoms with Gasteiger partial charge in [0.05, 0.1) is 30.5 Å². The fourth-order valence-electron chi connectivity index (χ4n) is 7.38. The Morgan fingerprint density at radius 1 is 0.841 bits per heavy atom. The third kappa shape index (κ3) is 22.3. The number of Topliss-reactive ketones (excluding diaryl/α,β-unsaturated/α-hetero) is 4. The maximum atomic E-state index is 14.4. The molecule has 21 heteroatoms. The summed E-state index contributed by atoms with van der Waals surface area (Å²) in [5.74, 6) is -6.17. The molecule has 378 valence electrons. The Kier molecular flexibility index (Phi) is 24.2. The van der Waals surface area contributed by atoms with E-state index in [2.05, 4.69) is 31.3 Å². The van der Waals surface area contributed by atoms with Gasteiger partial charge in [-0.3, -0.25) is 48.3 Å². The van der Waals surface area contributed by atoms with Crippen molar-refractivity contribution in [1.82, 2.24) is 21.3 Å². The van der Waals surface area contributed by atoms with Crippen molar-refractivity contribution < 1.29 is 43.5 Å². The van der Waals surface area contributed by atoms with Gasteiger partial charge in [0.2, 0.25) is 23.6 Å². The molecule has 13 N–H and O–H groups in total. The lowest BCUT2D eigenvalue weighted by atomic mass is 9.89. The molecule has 0 radical (unpaired) electrons. The van der Waals surface area contributed by atoms with Gasteiger partial charge in [0.25, 0.3) is 0 Å². The lowest BCUT2D eigenvalue weighted by Gasteiger charge is -2.27. The molecule has 1 fully saturated rings. The summed E-state index contributed by atoms with van der Waals surface area (Å²) in [7, 11) is 2.64. The van der Waals surface area contributed by atoms with E-state index in [0.717, 1.165) is 11.1 Å². The molecular weight excluding hydrogens is 925 g/mol. The van der Waals surface area contributed by atoms with Crippen LogP contribution in [-0.2, 0) is 51.2 Å². The lowest BCUT2D eigenvalue weighted by molar-refractivity contribution is -0.134. The van der Waals surface area contributed by atoms with Crippen molar-refractivity contribution >= 4 is 80.3 Å². The highest BCUT2D eigenvalue weighted by Gasteiger charge is 2.34. The first-order valence-corrected chi connectivity index (χ1v) is 25.4. The zero-order valence-corrected chi connectivity index (χ0v) is 41.6. The molecule has 2 aromatic carbocycles. The molecule has 0 saturated carbocycles. The number of nitrogens with two attached hydrogens (primary N) is 4. The van der Waals surface area contributed by atoms with Crippen LogP contribution in [0.1, 0.15) is 96.6 Å². The number of nitrogens with zero attached hydrogens (tertiary/aromatic N) is 2. The number of phenolic OH excluding ortho intramolecular Hbond substituents is 1. The fraction of sp³-hybridized carbons (Fsp3) is 0.542. The van der Waals surface area contributed by atoms with Gasteiger partial charge in [-0.1, -0.05) is 71.0 Å². The summed E-state index contributed by atoms with van der Waals surface area (Å²) >= 11 is 0. The van der Waals surface area contributed by atoms with Crippen molar-refractivity contribution in [1.29, 1.82) is 0 Å². The number of aromatic hydroxyl groups is 1. The first-order chi connectivity index (χ1) is 32.6. The summed E-state index contributed by atoms with van der Waals surface area (Å²) in [5.41, 5.74) is 23.4. The molecule has 3 rings (SSSR count). The summed E-state index contributed by atoms with van der Waals surface area (Å²) in [5, 5.41) is 20.9. The van der Waals surface area contributed by atoms with Crippen LogP contribution in [0.5, 0.6) is 5.75 Å². The summed E-state index contributed by atoms with van der Waals surface area (Å²) < 4.78 is -0.644. The largest absolute Gasteiger partial charge is 0.508 e. The molecule has 0 unspecified atom stereocenters. The number of phenols is 1. The topological polar surface area (TPSA) is 334 Å². The van der Waals surface area contributed by atoms with Gasteiger partial charge >= 0.3 is 0 Å². The van der Waals surface area contributed by atoms with E-state index < -0.39 is 81.6 Å². The van der Waals surface area contributed by atoms with Crippen molar-refractivity contribution in [2.24, 2.45) is 50.7 Å². The van der Waals surface area contributed by atoms with Crippen LogP contribution in [0.25, 0.3) is 0 Å². The van der Waals surface area contributed by atoms with Crippen LogP contribution in [0.15, 0.2) is 64.6 Å². The maximum absolute atomic E-state index is 14.4. The van der Waals surface area contributed by atoms with E-state index in [1.54, 1.807) is 49.4 Å². The Labute approximate surface area is 412 Å². The standard InChI is InChI=1S/C48H70N10O9S2/c1-29(22-32-14-16-35(60)17-15-32)44(66)58-38-26-43(65)55-28-48(3,4)69-68-27-34(25-41(63)37(23-31-10-6-5-7-11-31)56-42(64)19-18-39(38)61)45(67)57-36(13-9-21-54-47(51)52)40(62)24-33(30(2)59)12-8-20-53-46(49)50/h5-7,10-11,14-17,29,33-34,36-38,60H,8-9,12-13,18-28H2,1-4H3,(H,55,65)(H,56,64)(H,57,67)(H,58,66)(H4,49,50,53)(H4,51,52,54)/t29-,33+,34-,36-,37-,38+/m0/s1. The number of aliphatic imine (C=N–C) groups is 2. The van der Waals surface area contributed by atoms with Crippen molar-refractivity contribution in [2.45, 2.75) is 121 Å². The minimum atomic E-state index is -1.25. The van der Waals surface area contributed by atoms with Crippen LogP contribution in [0, 0.1) is 17.8 Å². The number of ketones is 4. The Morgan fingerprint density at radius 2 is 1.48 bits per heavy atom. The average molecular weight is 995 g/mol. The molecule has 4 amide bonds. The van der Waals surface area contributed by atoms with Crippen LogP contribution in [0.4, 0.5) is 0 Å². The zero-order chi connectivity index (χ0) is 51.1. The molecule has 6 atom stereocenters. The predicted molar refractivity (Wildman–Crippen MR) is 270 cm³/mol. The van der Waals surface area contributed by atoms with Gasteiger partial charge in [0.15, 0.2) is 29.3 Å². The second-order valence-corrected chi connectivity index (χ2v) is 21.1. The highest BCUT2D eigenvalue weighted by Crippen LogP contribution is 2.37. The maximum Gasteiger partial charge on any atom is 0.225 e. The van der Waals surface area contributed by atoms with Crippen molar-refractivity contribution in [3.63, 3.8) is 0 Å². The van der Waals surface area contributed by atoms with Crippen molar-refractivity contribution in [3.8, 4) is 5.75 Å². The first-order valence-electron chi connectivity index (χ1n) is 23.1. The van der Waals surface area contributed by atoms with Gasteiger partial charge in [-0.15, -0.1) is 0 Å². The van der Waals surface area contributed by atoms with Gasteiger partial charge < -0.3 is 49.3 Å². The molecule has 1 aliphatic heterocycles. The number of rotatable bonds is 20. The SMILES string of the molecule is CC(=O)[C@H](CCCN=C(N)N)CC(=O)[C@H](CCCN=C(N)N)NC(=O)[C@@H]1CSSC(C)(C)CNC(=O)C[C@@H](NC(=O)[C@@H](C)Cc2ccc(O)cc2)C(=O)CCC(=O)N[C@@H](Cc2ccccc2)C(=O)C1. The normalized spacial score (nSPS) is 19.7. The van der Waals surface area contributed by atoms with E-state index in [-0.39, 0.29) is 93.8 Å². The Balaban J connectivity index is 1.91. The van der Waals surface area contributed by atoms with Gasteiger partial charge in [0, 0.05) is 67.7 Å². The van der Waals surface area contributed by atoms with Gasteiger partial charge in [-0.2, -0.15) is 0 Å². The second kappa shape index (κ2) is 29.2. The van der Waals surface area contributed by atoms with Crippen LogP contribution < -0.4 is 44.2 Å². The lowest BCUT2D eigenvalue weighted by Crippen LogP contribution is -2.48. The third-order valence-electron chi connectivity index (χ3n) is 11.4. The summed E-state index contributed by atoms with van der Waals surface area (Å²) in [4.78, 5) is 118. The number of carbonyl (C=O) groups excluding carboxylic acids is 8. The zero-order valence-electron chi connectivity index (χ0n) is 40.0. The van der Waals surface area contributed by atoms with Crippen LogP contribution in [0.2, 0.25) is 0 Å². The Morgan fingerprint density at radius 3 is 2.10 bits per heavy atom. The van der Waals surface area contributed by atoms with Crippen molar-refractivity contribution in [3.05, 3.63) is 65.7 Å². The van der Waals surface area contributed by atoms with E-state index in [0.29, 0.717) is 25.7 Å². The van der Waals surface area contributed by atoms with E-state index >= 15 is 0 Å². The summed E-state index contributed by atoms with van der Waals surface area (Å²) in [6, 6.07) is 11.9. The van der Waals surface area contributed by atoms with E-state index in [1.807, 2.05) is 13.8 Å².